The minimum Gasteiger partial charge on any atom is -0.297 e. The van der Waals surface area contributed by atoms with Gasteiger partial charge in [-0.25, -0.2) is 9.07 Å². The Morgan fingerprint density at radius 2 is 1.86 bits per heavy atom. The van der Waals surface area contributed by atoms with Crippen LogP contribution in [0.3, 0.4) is 0 Å². The van der Waals surface area contributed by atoms with Gasteiger partial charge in [-0.05, 0) is 62.2 Å². The standard InChI is InChI=1S/C20H17FN6OS/c1-11-7-12(2)9-16(8-11)27-13(3)17(24-26-27)18-22-20(29-25-18)23-19(28)14-5-4-6-15(21)10-14/h4-10H,1-3H3,(H,22,23,25,28). The van der Waals surface area contributed by atoms with E-state index in [1.54, 1.807) is 4.68 Å². The summed E-state index contributed by atoms with van der Waals surface area (Å²) in [5.74, 6) is -0.560. The molecule has 0 radical (unpaired) electrons. The van der Waals surface area contributed by atoms with Gasteiger partial charge >= 0.3 is 0 Å². The molecule has 9 heteroatoms. The van der Waals surface area contributed by atoms with E-state index in [0.29, 0.717) is 16.6 Å². The number of rotatable bonds is 4. The van der Waals surface area contributed by atoms with E-state index in [2.05, 4.69) is 31.1 Å². The van der Waals surface area contributed by atoms with Crippen molar-refractivity contribution in [2.75, 3.05) is 5.32 Å². The first-order valence-electron chi connectivity index (χ1n) is 8.82. The SMILES string of the molecule is Cc1cc(C)cc(-n2nnc(-c3nsc(NC(=O)c4cccc(F)c4)n3)c2C)c1. The molecule has 0 bridgehead atoms. The Kier molecular flexibility index (Phi) is 4.89. The summed E-state index contributed by atoms with van der Waals surface area (Å²) >= 11 is 1.03. The van der Waals surface area contributed by atoms with Crippen LogP contribution in [0, 0.1) is 26.6 Å². The van der Waals surface area contributed by atoms with Crippen LogP contribution in [0.5, 0.6) is 0 Å². The van der Waals surface area contributed by atoms with Crippen LogP contribution >= 0.6 is 11.5 Å². The molecule has 7 nitrogen and oxygen atoms in total. The highest BCUT2D eigenvalue weighted by Gasteiger charge is 2.18. The zero-order chi connectivity index (χ0) is 20.5. The average molecular weight is 408 g/mol. The lowest BCUT2D eigenvalue weighted by Crippen LogP contribution is -2.11. The Labute approximate surface area is 170 Å². The molecule has 0 spiro atoms. The maximum Gasteiger partial charge on any atom is 0.257 e. The molecule has 0 aliphatic rings. The molecule has 0 unspecified atom stereocenters. The molecule has 0 aliphatic carbocycles. The number of nitrogens with one attached hydrogen (secondary N) is 1. The van der Waals surface area contributed by atoms with Gasteiger partial charge in [0.25, 0.3) is 5.91 Å². The summed E-state index contributed by atoms with van der Waals surface area (Å²) in [6, 6.07) is 11.6. The zero-order valence-electron chi connectivity index (χ0n) is 16.0. The van der Waals surface area contributed by atoms with Crippen LogP contribution in [0.2, 0.25) is 0 Å². The lowest BCUT2D eigenvalue weighted by molar-refractivity contribution is 0.102. The number of aromatic nitrogens is 5. The predicted molar refractivity (Wildman–Crippen MR) is 109 cm³/mol. The summed E-state index contributed by atoms with van der Waals surface area (Å²) in [5, 5.41) is 11.4. The molecule has 2 heterocycles. The molecule has 0 saturated heterocycles. The number of amides is 1. The van der Waals surface area contributed by atoms with Crippen LogP contribution in [-0.2, 0) is 0 Å². The third-order valence-electron chi connectivity index (χ3n) is 4.29. The molecule has 146 valence electrons. The number of carbonyl (C=O) groups excluding carboxylic acids is 1. The number of halogens is 1. The van der Waals surface area contributed by atoms with E-state index < -0.39 is 11.7 Å². The Balaban J connectivity index is 1.59. The minimum atomic E-state index is -0.478. The molecule has 0 fully saturated rings. The van der Waals surface area contributed by atoms with Gasteiger partial charge in [0.2, 0.25) is 5.13 Å². The second kappa shape index (κ2) is 7.51. The third-order valence-corrected chi connectivity index (χ3v) is 4.92. The number of benzene rings is 2. The number of aryl methyl sites for hydroxylation is 2. The van der Waals surface area contributed by atoms with Gasteiger partial charge < -0.3 is 0 Å². The number of hydrogen-bond acceptors (Lipinski definition) is 6. The second-order valence-corrected chi connectivity index (χ2v) is 7.42. The summed E-state index contributed by atoms with van der Waals surface area (Å²) in [7, 11) is 0. The predicted octanol–water partition coefficient (Wildman–Crippen LogP) is 4.10. The monoisotopic (exact) mass is 408 g/mol. The number of anilines is 1. The first-order chi connectivity index (χ1) is 13.9. The van der Waals surface area contributed by atoms with Crippen molar-refractivity contribution in [2.45, 2.75) is 20.8 Å². The van der Waals surface area contributed by atoms with Crippen molar-refractivity contribution < 1.29 is 9.18 Å². The van der Waals surface area contributed by atoms with Gasteiger partial charge in [-0.3, -0.25) is 10.1 Å². The lowest BCUT2D eigenvalue weighted by atomic mass is 10.1. The highest BCUT2D eigenvalue weighted by atomic mass is 32.1. The third kappa shape index (κ3) is 3.90. The molecule has 1 amide bonds. The largest absolute Gasteiger partial charge is 0.297 e. The van der Waals surface area contributed by atoms with Crippen molar-refractivity contribution in [1.29, 1.82) is 0 Å². The van der Waals surface area contributed by atoms with E-state index in [9.17, 15) is 9.18 Å². The maximum absolute atomic E-state index is 13.3. The van der Waals surface area contributed by atoms with Crippen LogP contribution in [-0.4, -0.2) is 30.3 Å². The minimum absolute atomic E-state index is 0.207. The Morgan fingerprint density at radius 3 is 2.59 bits per heavy atom. The fraction of sp³-hybridized carbons (Fsp3) is 0.150. The smallest absolute Gasteiger partial charge is 0.257 e. The molecule has 0 aliphatic heterocycles. The maximum atomic E-state index is 13.3. The normalized spacial score (nSPS) is 10.9. The highest BCUT2D eigenvalue weighted by molar-refractivity contribution is 7.10. The summed E-state index contributed by atoms with van der Waals surface area (Å²) in [5.41, 5.74) is 4.70. The van der Waals surface area contributed by atoms with Crippen molar-refractivity contribution in [3.05, 3.63) is 70.7 Å². The van der Waals surface area contributed by atoms with Crippen molar-refractivity contribution in [3.63, 3.8) is 0 Å². The molecule has 29 heavy (non-hydrogen) atoms. The van der Waals surface area contributed by atoms with Gasteiger partial charge in [0.15, 0.2) is 11.5 Å². The number of carbonyl (C=O) groups is 1. The molecule has 0 atom stereocenters. The summed E-state index contributed by atoms with van der Waals surface area (Å²) in [4.78, 5) is 16.6. The fourth-order valence-corrected chi connectivity index (χ4v) is 3.59. The second-order valence-electron chi connectivity index (χ2n) is 6.67. The summed E-state index contributed by atoms with van der Waals surface area (Å²) in [6.45, 7) is 5.94. The van der Waals surface area contributed by atoms with Crippen molar-refractivity contribution in [3.8, 4) is 17.2 Å². The Hall–Kier alpha value is -3.46. The molecule has 4 aromatic rings. The van der Waals surface area contributed by atoms with Gasteiger partial charge in [-0.2, -0.15) is 9.36 Å². The lowest BCUT2D eigenvalue weighted by Gasteiger charge is -2.06. The van der Waals surface area contributed by atoms with Gasteiger partial charge in [0, 0.05) is 17.1 Å². The van der Waals surface area contributed by atoms with E-state index in [0.717, 1.165) is 40.1 Å². The fourth-order valence-electron chi connectivity index (χ4n) is 3.02. The van der Waals surface area contributed by atoms with Gasteiger partial charge in [-0.15, -0.1) is 5.10 Å². The molecule has 2 aromatic heterocycles. The summed E-state index contributed by atoms with van der Waals surface area (Å²) in [6.07, 6.45) is 0. The van der Waals surface area contributed by atoms with E-state index in [1.165, 1.54) is 18.2 Å². The number of hydrogen-bond donors (Lipinski definition) is 1. The average Bonchev–Trinajstić information content (AvgIpc) is 3.27. The number of nitrogens with zero attached hydrogens (tertiary/aromatic N) is 5. The van der Waals surface area contributed by atoms with Crippen LogP contribution in [0.25, 0.3) is 17.2 Å². The van der Waals surface area contributed by atoms with E-state index in [-0.39, 0.29) is 5.56 Å². The van der Waals surface area contributed by atoms with Crippen LogP contribution in [0.1, 0.15) is 27.2 Å². The van der Waals surface area contributed by atoms with E-state index >= 15 is 0 Å². The van der Waals surface area contributed by atoms with Crippen LogP contribution in [0.4, 0.5) is 9.52 Å². The topological polar surface area (TPSA) is 85.6 Å². The van der Waals surface area contributed by atoms with Crippen molar-refractivity contribution >= 4 is 22.6 Å². The van der Waals surface area contributed by atoms with Crippen molar-refractivity contribution in [1.82, 2.24) is 24.4 Å². The molecular formula is C20H17FN6OS. The van der Waals surface area contributed by atoms with E-state index in [4.69, 9.17) is 0 Å². The molecule has 4 rings (SSSR count). The van der Waals surface area contributed by atoms with Gasteiger partial charge in [-0.1, -0.05) is 17.3 Å². The van der Waals surface area contributed by atoms with Gasteiger partial charge in [0.05, 0.1) is 11.4 Å². The van der Waals surface area contributed by atoms with Crippen LogP contribution < -0.4 is 5.32 Å². The first kappa shape index (κ1) is 18.9. The summed E-state index contributed by atoms with van der Waals surface area (Å²) < 4.78 is 19.3. The first-order valence-corrected chi connectivity index (χ1v) is 9.60. The Morgan fingerprint density at radius 1 is 1.10 bits per heavy atom. The van der Waals surface area contributed by atoms with E-state index in [1.807, 2.05) is 32.9 Å². The van der Waals surface area contributed by atoms with Crippen LogP contribution in [0.15, 0.2) is 42.5 Å². The molecule has 1 N–H and O–H groups in total. The highest BCUT2D eigenvalue weighted by Crippen LogP contribution is 2.24. The Bertz CT molecular complexity index is 1200. The van der Waals surface area contributed by atoms with Crippen molar-refractivity contribution in [2.24, 2.45) is 0 Å². The van der Waals surface area contributed by atoms with Gasteiger partial charge in [0.1, 0.15) is 5.82 Å². The quantitative estimate of drug-likeness (QED) is 0.549. The molecule has 2 aromatic carbocycles. The molecule has 0 saturated carbocycles. The zero-order valence-corrected chi connectivity index (χ0v) is 16.8. The molecular weight excluding hydrogens is 391 g/mol.